The minimum Gasteiger partial charge on any atom is -0.656 e. The first-order chi connectivity index (χ1) is 34.8. The summed E-state index contributed by atoms with van der Waals surface area (Å²) in [5.41, 5.74) is 18.4. The van der Waals surface area contributed by atoms with E-state index in [4.69, 9.17) is 15.0 Å². The number of rotatable bonds is 9. The van der Waals surface area contributed by atoms with Crippen LogP contribution in [0.2, 0.25) is 0 Å². The van der Waals surface area contributed by atoms with Gasteiger partial charge in [0.1, 0.15) is 11.6 Å². The largest absolute Gasteiger partial charge is 2.00 e. The number of nitrogens with zero attached hydrogens (tertiary/aromatic N) is 5. The Balaban J connectivity index is 0.00000574. The van der Waals surface area contributed by atoms with Crippen LogP contribution in [0.4, 0.5) is 0 Å². The molecule has 4 heterocycles. The third kappa shape index (κ3) is 8.05. The summed E-state index contributed by atoms with van der Waals surface area (Å²) < 4.78 is 4.64. The normalized spacial score (nSPS) is 12.3. The number of aromatic nitrogens is 5. The maximum atomic E-state index is 5.78. The second-order valence-corrected chi connectivity index (χ2v) is 21.8. The molecule has 0 saturated carbocycles. The van der Waals surface area contributed by atoms with Gasteiger partial charge >= 0.3 is 21.1 Å². The van der Waals surface area contributed by atoms with Crippen molar-refractivity contribution in [1.29, 1.82) is 0 Å². The molecule has 5 nitrogen and oxygen atoms in total. The van der Waals surface area contributed by atoms with Gasteiger partial charge in [0.15, 0.2) is 0 Å². The van der Waals surface area contributed by atoms with E-state index in [2.05, 4.69) is 253 Å². The molecule has 8 aromatic carbocycles. The van der Waals surface area contributed by atoms with Crippen molar-refractivity contribution >= 4 is 54.6 Å². The van der Waals surface area contributed by atoms with Gasteiger partial charge in [-0.2, -0.15) is 0 Å². The molecule has 4 aromatic heterocycles. The number of benzene rings is 8. The van der Waals surface area contributed by atoms with Crippen LogP contribution >= 0.6 is 0 Å². The second-order valence-electron chi connectivity index (χ2n) is 21.8. The van der Waals surface area contributed by atoms with Crippen molar-refractivity contribution in [2.24, 2.45) is 0 Å². The van der Waals surface area contributed by atoms with Crippen molar-refractivity contribution in [3.05, 3.63) is 216 Å². The minimum atomic E-state index is -0.256. The Bertz CT molecular complexity index is 4030. The number of hydrogen-bond donors (Lipinski definition) is 0. The third-order valence-corrected chi connectivity index (χ3v) is 15.1. The molecule has 0 spiro atoms. The molecule has 0 aliphatic heterocycles. The minimum absolute atomic E-state index is 0. The fraction of sp³-hybridized carbons (Fsp3) is 0.194. The molecular weight excluding hydrogens is 1070 g/mol. The molecule has 73 heavy (non-hydrogen) atoms. The van der Waals surface area contributed by atoms with Crippen molar-refractivity contribution in [3.63, 3.8) is 0 Å². The van der Waals surface area contributed by atoms with E-state index in [0.717, 1.165) is 77.9 Å². The Morgan fingerprint density at radius 3 is 1.99 bits per heavy atom. The average molecular weight is 1130 g/mol. The second kappa shape index (κ2) is 18.3. The fourth-order valence-corrected chi connectivity index (χ4v) is 11.2. The zero-order valence-electron chi connectivity index (χ0n) is 43.0. The van der Waals surface area contributed by atoms with Gasteiger partial charge in [0.2, 0.25) is 0 Å². The number of para-hydroxylation sites is 2. The molecule has 0 aliphatic carbocycles. The zero-order valence-corrected chi connectivity index (χ0v) is 45.3. The van der Waals surface area contributed by atoms with Crippen LogP contribution in [-0.2, 0) is 31.9 Å². The van der Waals surface area contributed by atoms with Crippen molar-refractivity contribution in [2.45, 2.75) is 85.0 Å². The van der Waals surface area contributed by atoms with E-state index in [0.29, 0.717) is 11.8 Å². The summed E-state index contributed by atoms with van der Waals surface area (Å²) in [5, 5.41) is 4.72. The molecule has 0 unspecified atom stereocenters. The third-order valence-electron chi connectivity index (χ3n) is 15.1. The van der Waals surface area contributed by atoms with Gasteiger partial charge in [-0.05, 0) is 120 Å². The summed E-state index contributed by atoms with van der Waals surface area (Å²) in [6, 6.07) is 67.6. The first-order valence-corrected chi connectivity index (χ1v) is 25.5. The summed E-state index contributed by atoms with van der Waals surface area (Å²) in [6.07, 6.45) is 1.96. The molecular formula is C67H59N5Pt. The van der Waals surface area contributed by atoms with E-state index >= 15 is 0 Å². The maximum absolute atomic E-state index is 5.78. The Kier molecular flexibility index (Phi) is 12.0. The van der Waals surface area contributed by atoms with Gasteiger partial charge in [0.25, 0.3) is 0 Å². The van der Waals surface area contributed by atoms with Gasteiger partial charge in [-0.3, -0.25) is 4.57 Å². The molecule has 12 aromatic rings. The van der Waals surface area contributed by atoms with Crippen LogP contribution in [0, 0.1) is 6.07 Å². The van der Waals surface area contributed by atoms with Gasteiger partial charge in [0.05, 0.1) is 11.0 Å². The van der Waals surface area contributed by atoms with Crippen LogP contribution in [0.5, 0.6) is 0 Å². The topological polar surface area (TPSA) is 49.7 Å². The number of imidazole rings is 1. The van der Waals surface area contributed by atoms with Gasteiger partial charge in [-0.1, -0.05) is 195 Å². The first kappa shape index (κ1) is 48.0. The maximum Gasteiger partial charge on any atom is 2.00 e. The Labute approximate surface area is 443 Å². The molecule has 0 radical (unpaired) electrons. The van der Waals surface area contributed by atoms with Gasteiger partial charge in [0, 0.05) is 28.4 Å². The number of hydrogen-bond acceptors (Lipinski definition) is 2. The number of fused-ring (bicyclic) bond motifs is 7. The van der Waals surface area contributed by atoms with E-state index in [9.17, 15) is 0 Å². The Hall–Kier alpha value is -7.33. The molecule has 0 bridgehead atoms. The smallest absolute Gasteiger partial charge is 0.656 e. The zero-order chi connectivity index (χ0) is 49.6. The average Bonchev–Trinajstić information content (AvgIpc) is 4.08. The van der Waals surface area contributed by atoms with Crippen molar-refractivity contribution in [2.75, 3.05) is 0 Å². The summed E-state index contributed by atoms with van der Waals surface area (Å²) in [5.74, 6) is 2.43. The molecule has 6 heteroatoms. The van der Waals surface area contributed by atoms with Crippen LogP contribution < -0.4 is 4.98 Å². The molecule has 0 fully saturated rings. The first-order valence-electron chi connectivity index (χ1n) is 25.5. The quantitative estimate of drug-likeness (QED) is 0.135. The molecule has 12 rings (SSSR count). The molecule has 362 valence electrons. The summed E-state index contributed by atoms with van der Waals surface area (Å²) in [7, 11) is 0. The van der Waals surface area contributed by atoms with E-state index in [1.54, 1.807) is 0 Å². The summed E-state index contributed by atoms with van der Waals surface area (Å²) in [4.78, 5) is 16.4. The van der Waals surface area contributed by atoms with Gasteiger partial charge in [-0.25, -0.2) is 9.97 Å². The monoisotopic (exact) mass is 1130 g/mol. The van der Waals surface area contributed by atoms with Gasteiger partial charge in [-0.15, -0.1) is 34.8 Å². The molecule has 0 saturated heterocycles. The SMILES string of the molecule is CC(C)c1ccc2[n-]c3c(-c4nc5c(-c6[c-]c7c(cc6)c6cc(-c8ccccc8)ccc6n7-c6cc(C(C)(C)c7ccccc7)ccn6)cccc5n4-c4ccccc4)cc(C(C)(C)C)cc3c2c1C(C)C.[Pt+2]. The van der Waals surface area contributed by atoms with Crippen LogP contribution in [0.25, 0.3) is 99.8 Å². The van der Waals surface area contributed by atoms with Crippen molar-refractivity contribution in [3.8, 4) is 45.1 Å². The van der Waals surface area contributed by atoms with Crippen LogP contribution in [0.3, 0.4) is 0 Å². The Morgan fingerprint density at radius 2 is 1.27 bits per heavy atom. The molecule has 0 amide bonds. The van der Waals surface area contributed by atoms with E-state index in [1.807, 2.05) is 6.20 Å². The fourth-order valence-electron chi connectivity index (χ4n) is 11.2. The van der Waals surface area contributed by atoms with Crippen molar-refractivity contribution < 1.29 is 21.1 Å². The predicted molar refractivity (Wildman–Crippen MR) is 302 cm³/mol. The van der Waals surface area contributed by atoms with E-state index in [1.165, 1.54) is 49.7 Å². The van der Waals surface area contributed by atoms with Crippen LogP contribution in [-0.4, -0.2) is 19.1 Å². The predicted octanol–water partition coefficient (Wildman–Crippen LogP) is 17.5. The van der Waals surface area contributed by atoms with Crippen LogP contribution in [0.1, 0.15) is 102 Å². The molecule has 0 N–H and O–H groups in total. The molecule has 0 atom stereocenters. The Morgan fingerprint density at radius 1 is 0.548 bits per heavy atom. The summed E-state index contributed by atoms with van der Waals surface area (Å²) >= 11 is 0. The standard InChI is InChI=1S/C67H59N5.Pt/c1-41(2)50-31-32-56-62(61(50)42(3)4)54-38-48(66(5,6)7)39-55(63(54)69-56)65-70-64-51(26-19-27-58(64)71(65)49-24-17-12-18-25-49)45-28-30-52-53-36-44(43-20-13-10-14-21-43)29-33-57(53)72(59(52)37-45)60-40-47(34-35-68-60)67(8,9)46-22-15-11-16-23-46;/h10-36,38-42H,1-9H3;/q-2;+2. The van der Waals surface area contributed by atoms with E-state index in [-0.39, 0.29) is 31.9 Å². The van der Waals surface area contributed by atoms with E-state index < -0.39 is 0 Å². The molecule has 0 aliphatic rings. The van der Waals surface area contributed by atoms with Crippen molar-refractivity contribution in [1.82, 2.24) is 24.1 Å². The summed E-state index contributed by atoms with van der Waals surface area (Å²) in [6.45, 7) is 20.7. The van der Waals surface area contributed by atoms with Crippen LogP contribution in [0.15, 0.2) is 182 Å². The van der Waals surface area contributed by atoms with Gasteiger partial charge < -0.3 is 9.55 Å². The number of pyridine rings is 1.